The summed E-state index contributed by atoms with van der Waals surface area (Å²) in [6.45, 7) is 0.875. The van der Waals surface area contributed by atoms with Crippen molar-refractivity contribution in [3.05, 3.63) is 35.9 Å². The first-order chi connectivity index (χ1) is 10.6. The Bertz CT molecular complexity index is 511. The number of rotatable bonds is 6. The van der Waals surface area contributed by atoms with E-state index in [1.165, 1.54) is 7.11 Å². The summed E-state index contributed by atoms with van der Waals surface area (Å²) in [5.74, 6) is -1.23. The first kappa shape index (κ1) is 16.5. The molecule has 0 aliphatic carbocycles. The molecule has 1 atom stereocenters. The number of carboxylic acids is 1. The third-order valence-corrected chi connectivity index (χ3v) is 4.08. The number of methoxy groups -OCH3 is 1. The van der Waals surface area contributed by atoms with Crippen LogP contribution in [0.3, 0.4) is 0 Å². The van der Waals surface area contributed by atoms with E-state index in [0.717, 1.165) is 5.56 Å². The van der Waals surface area contributed by atoms with Crippen molar-refractivity contribution < 1.29 is 24.2 Å². The van der Waals surface area contributed by atoms with Crippen molar-refractivity contribution >= 4 is 11.9 Å². The number of hydrogen-bond donors (Lipinski definition) is 2. The molecular formula is C16H21NO5. The van der Waals surface area contributed by atoms with Gasteiger partial charge in [-0.05, 0) is 18.4 Å². The molecule has 22 heavy (non-hydrogen) atoms. The minimum atomic E-state index is -0.955. The highest BCUT2D eigenvalue weighted by atomic mass is 16.5. The van der Waals surface area contributed by atoms with Gasteiger partial charge in [-0.3, -0.25) is 9.59 Å². The number of ether oxygens (including phenoxy) is 2. The largest absolute Gasteiger partial charge is 0.481 e. The summed E-state index contributed by atoms with van der Waals surface area (Å²) in [6, 6.07) is 9.11. The normalized spacial score (nSPS) is 18.4. The van der Waals surface area contributed by atoms with Gasteiger partial charge in [0.2, 0.25) is 0 Å². The zero-order valence-electron chi connectivity index (χ0n) is 12.6. The average Bonchev–Trinajstić information content (AvgIpc) is 2.55. The SMILES string of the molecule is CO[C@@H](C(=O)NCC1(C(=O)O)CCOCC1)c1ccccc1. The molecule has 1 fully saturated rings. The van der Waals surface area contributed by atoms with E-state index >= 15 is 0 Å². The van der Waals surface area contributed by atoms with Gasteiger partial charge in [-0.2, -0.15) is 0 Å². The molecule has 2 rings (SSSR count). The fraction of sp³-hybridized carbons (Fsp3) is 0.500. The lowest BCUT2D eigenvalue weighted by Gasteiger charge is -2.33. The molecule has 0 aromatic heterocycles. The number of carboxylic acid groups (broad SMARTS) is 1. The lowest BCUT2D eigenvalue weighted by Crippen LogP contribution is -2.47. The summed E-state index contributed by atoms with van der Waals surface area (Å²) in [4.78, 5) is 23.9. The first-order valence-corrected chi connectivity index (χ1v) is 7.26. The highest BCUT2D eigenvalue weighted by Gasteiger charge is 2.40. The molecule has 6 nitrogen and oxygen atoms in total. The van der Waals surface area contributed by atoms with Crippen molar-refractivity contribution in [3.63, 3.8) is 0 Å². The minimum Gasteiger partial charge on any atom is -0.481 e. The van der Waals surface area contributed by atoms with Crippen LogP contribution in [0.5, 0.6) is 0 Å². The Morgan fingerprint density at radius 3 is 2.50 bits per heavy atom. The maximum atomic E-state index is 12.3. The van der Waals surface area contributed by atoms with Gasteiger partial charge in [0, 0.05) is 26.9 Å². The van der Waals surface area contributed by atoms with Gasteiger partial charge in [0.15, 0.2) is 6.10 Å². The predicted molar refractivity (Wildman–Crippen MR) is 79.3 cm³/mol. The standard InChI is InChI=1S/C16H21NO5/c1-21-13(12-5-3-2-4-6-12)14(18)17-11-16(15(19)20)7-9-22-10-8-16/h2-6,13H,7-11H2,1H3,(H,17,18)(H,19,20)/t13-/m1/s1. The van der Waals surface area contributed by atoms with Crippen molar-refractivity contribution in [1.29, 1.82) is 0 Å². The van der Waals surface area contributed by atoms with E-state index in [1.54, 1.807) is 12.1 Å². The Morgan fingerprint density at radius 2 is 1.95 bits per heavy atom. The third kappa shape index (κ3) is 3.64. The zero-order valence-corrected chi connectivity index (χ0v) is 12.6. The smallest absolute Gasteiger partial charge is 0.311 e. The van der Waals surface area contributed by atoms with E-state index in [1.807, 2.05) is 18.2 Å². The summed E-state index contributed by atoms with van der Waals surface area (Å²) >= 11 is 0. The van der Waals surface area contributed by atoms with Crippen LogP contribution in [-0.4, -0.2) is 43.9 Å². The zero-order chi connectivity index (χ0) is 16.0. The van der Waals surface area contributed by atoms with E-state index in [4.69, 9.17) is 9.47 Å². The summed E-state index contributed by atoms with van der Waals surface area (Å²) < 4.78 is 10.5. The fourth-order valence-corrected chi connectivity index (χ4v) is 2.60. The minimum absolute atomic E-state index is 0.0806. The Labute approximate surface area is 129 Å². The van der Waals surface area contributed by atoms with Crippen molar-refractivity contribution in [3.8, 4) is 0 Å². The maximum Gasteiger partial charge on any atom is 0.311 e. The second kappa shape index (κ2) is 7.38. The van der Waals surface area contributed by atoms with Crippen LogP contribution in [0.15, 0.2) is 30.3 Å². The van der Waals surface area contributed by atoms with Gasteiger partial charge in [-0.1, -0.05) is 30.3 Å². The molecule has 2 N–H and O–H groups in total. The summed E-state index contributed by atoms with van der Waals surface area (Å²) in [5, 5.41) is 12.2. The predicted octanol–water partition coefficient (Wildman–Crippen LogP) is 1.37. The molecule has 1 aromatic carbocycles. The van der Waals surface area contributed by atoms with Gasteiger partial charge < -0.3 is 19.9 Å². The van der Waals surface area contributed by atoms with Crippen molar-refractivity contribution in [2.45, 2.75) is 18.9 Å². The van der Waals surface area contributed by atoms with Crippen LogP contribution in [0, 0.1) is 5.41 Å². The first-order valence-electron chi connectivity index (χ1n) is 7.26. The quantitative estimate of drug-likeness (QED) is 0.829. The molecule has 1 saturated heterocycles. The van der Waals surface area contributed by atoms with Gasteiger partial charge in [-0.25, -0.2) is 0 Å². The van der Waals surface area contributed by atoms with E-state index < -0.39 is 17.5 Å². The fourth-order valence-electron chi connectivity index (χ4n) is 2.60. The second-order valence-corrected chi connectivity index (χ2v) is 5.44. The Balaban J connectivity index is 2.02. The molecule has 1 aliphatic heterocycles. The summed E-state index contributed by atoms with van der Waals surface area (Å²) in [7, 11) is 1.46. The van der Waals surface area contributed by atoms with Crippen molar-refractivity contribution in [2.24, 2.45) is 5.41 Å². The van der Waals surface area contributed by atoms with E-state index in [9.17, 15) is 14.7 Å². The number of carbonyl (C=O) groups is 2. The Morgan fingerprint density at radius 1 is 1.32 bits per heavy atom. The lowest BCUT2D eigenvalue weighted by atomic mass is 9.80. The van der Waals surface area contributed by atoms with Gasteiger partial charge in [0.1, 0.15) is 0 Å². The van der Waals surface area contributed by atoms with Crippen LogP contribution in [0.2, 0.25) is 0 Å². The summed E-state index contributed by atoms with van der Waals surface area (Å²) in [5.41, 5.74) is -0.220. The van der Waals surface area contributed by atoms with Crippen LogP contribution in [-0.2, 0) is 19.1 Å². The highest BCUT2D eigenvalue weighted by Crippen LogP contribution is 2.30. The lowest BCUT2D eigenvalue weighted by molar-refractivity contribution is -0.155. The topological polar surface area (TPSA) is 84.9 Å². The maximum absolute atomic E-state index is 12.3. The Kier molecular flexibility index (Phi) is 5.51. The van der Waals surface area contributed by atoms with Crippen LogP contribution < -0.4 is 5.32 Å². The van der Waals surface area contributed by atoms with E-state index in [2.05, 4.69) is 5.32 Å². The number of carbonyl (C=O) groups excluding carboxylic acids is 1. The molecule has 0 spiro atoms. The van der Waals surface area contributed by atoms with Gasteiger partial charge >= 0.3 is 5.97 Å². The molecule has 0 radical (unpaired) electrons. The molecule has 1 amide bonds. The van der Waals surface area contributed by atoms with Gasteiger partial charge in [0.05, 0.1) is 5.41 Å². The molecule has 120 valence electrons. The highest BCUT2D eigenvalue weighted by molar-refractivity contribution is 5.83. The monoisotopic (exact) mass is 307 g/mol. The number of nitrogens with one attached hydrogen (secondary N) is 1. The van der Waals surface area contributed by atoms with Gasteiger partial charge in [-0.15, -0.1) is 0 Å². The Hall–Kier alpha value is -1.92. The van der Waals surface area contributed by atoms with E-state index in [-0.39, 0.29) is 12.5 Å². The second-order valence-electron chi connectivity index (χ2n) is 5.44. The molecule has 1 heterocycles. The third-order valence-electron chi connectivity index (χ3n) is 4.08. The van der Waals surface area contributed by atoms with Crippen LogP contribution >= 0.6 is 0 Å². The molecule has 0 saturated carbocycles. The van der Waals surface area contributed by atoms with Crippen LogP contribution in [0.25, 0.3) is 0 Å². The van der Waals surface area contributed by atoms with Crippen molar-refractivity contribution in [1.82, 2.24) is 5.32 Å². The number of hydrogen-bond acceptors (Lipinski definition) is 4. The van der Waals surface area contributed by atoms with E-state index in [0.29, 0.717) is 26.1 Å². The summed E-state index contributed by atoms with van der Waals surface area (Å²) in [6.07, 6.45) is 0.0453. The number of benzene rings is 1. The van der Waals surface area contributed by atoms with Crippen LogP contribution in [0.1, 0.15) is 24.5 Å². The molecule has 6 heteroatoms. The average molecular weight is 307 g/mol. The molecule has 1 aromatic rings. The van der Waals surface area contributed by atoms with Crippen molar-refractivity contribution in [2.75, 3.05) is 26.9 Å². The molecule has 0 bridgehead atoms. The molecule has 0 unspecified atom stereocenters. The number of aliphatic carboxylic acids is 1. The number of amides is 1. The molecular weight excluding hydrogens is 286 g/mol. The van der Waals surface area contributed by atoms with Gasteiger partial charge in [0.25, 0.3) is 5.91 Å². The van der Waals surface area contributed by atoms with Crippen LogP contribution in [0.4, 0.5) is 0 Å². The molecule has 1 aliphatic rings.